The van der Waals surface area contributed by atoms with Gasteiger partial charge in [0.05, 0.1) is 6.04 Å². The lowest BCUT2D eigenvalue weighted by atomic mass is 9.73. The molecule has 2 spiro atoms. The molecule has 6 atom stereocenters. The van der Waals surface area contributed by atoms with E-state index in [2.05, 4.69) is 34.7 Å². The average molecular weight is 700 g/mol. The van der Waals surface area contributed by atoms with E-state index in [0.29, 0.717) is 19.4 Å². The molecule has 0 aromatic heterocycles. The highest BCUT2D eigenvalue weighted by Crippen LogP contribution is 2.88. The average Bonchev–Trinajstić information content (AvgIpc) is 3.21. The number of carboxylic acids is 1. The molecular formula is C39H65N5O6. The number of hydrogen-bond donors (Lipinski definition) is 4. The summed E-state index contributed by atoms with van der Waals surface area (Å²) in [6.45, 7) is 20.0. The highest BCUT2D eigenvalue weighted by atomic mass is 16.4. The maximum Gasteiger partial charge on any atom is 0.326 e. The number of carboxylic acid groups (broad SMARTS) is 1. The third-order valence-corrected chi connectivity index (χ3v) is 13.9. The van der Waals surface area contributed by atoms with Crippen molar-refractivity contribution >= 4 is 29.6 Å². The quantitative estimate of drug-likeness (QED) is 0.249. The summed E-state index contributed by atoms with van der Waals surface area (Å²) in [7, 11) is 0. The van der Waals surface area contributed by atoms with E-state index in [4.69, 9.17) is 0 Å². The number of piperidine rings is 1. The Labute approximate surface area is 299 Å². The highest BCUT2D eigenvalue weighted by Gasteiger charge is 2.85. The zero-order valence-electron chi connectivity index (χ0n) is 32.2. The van der Waals surface area contributed by atoms with Crippen molar-refractivity contribution in [2.45, 2.75) is 163 Å². The van der Waals surface area contributed by atoms with Gasteiger partial charge in [-0.3, -0.25) is 24.1 Å². The first kappa shape index (κ1) is 38.5. The molecule has 5 fully saturated rings. The first-order valence-electron chi connectivity index (χ1n) is 19.4. The molecule has 0 radical (unpaired) electrons. The summed E-state index contributed by atoms with van der Waals surface area (Å²) in [6.07, 6.45) is 9.85. The monoisotopic (exact) mass is 699 g/mol. The minimum atomic E-state index is -1.05. The largest absolute Gasteiger partial charge is 0.480 e. The number of hydrogen-bond acceptors (Lipinski definition) is 6. The van der Waals surface area contributed by atoms with Gasteiger partial charge in [-0.15, -0.1) is 0 Å². The van der Waals surface area contributed by atoms with Crippen LogP contribution in [0.15, 0.2) is 0 Å². The summed E-state index contributed by atoms with van der Waals surface area (Å²) < 4.78 is 0. The Hall–Kier alpha value is -2.69. The topological polar surface area (TPSA) is 148 Å². The van der Waals surface area contributed by atoms with Crippen molar-refractivity contribution < 1.29 is 29.1 Å². The van der Waals surface area contributed by atoms with Crippen LogP contribution in [0.4, 0.5) is 0 Å². The van der Waals surface area contributed by atoms with Crippen molar-refractivity contribution in [2.24, 2.45) is 33.0 Å². The van der Waals surface area contributed by atoms with Crippen LogP contribution in [0.25, 0.3) is 0 Å². The molecule has 4 amide bonds. The molecule has 3 saturated carbocycles. The van der Waals surface area contributed by atoms with Crippen molar-refractivity contribution in [1.29, 1.82) is 0 Å². The minimum absolute atomic E-state index is 0.0548. The number of nitrogens with one attached hydrogen (secondary N) is 3. The number of likely N-dealkylation sites (N-methyl/N-ethyl adjacent to an activating group) is 1. The Balaban J connectivity index is 1.40. The minimum Gasteiger partial charge on any atom is -0.480 e. The fourth-order valence-electron chi connectivity index (χ4n) is 10.2. The fourth-order valence-corrected chi connectivity index (χ4v) is 10.2. The summed E-state index contributed by atoms with van der Waals surface area (Å²) in [4.78, 5) is 73.0. The van der Waals surface area contributed by atoms with Gasteiger partial charge in [-0.25, -0.2) is 4.79 Å². The van der Waals surface area contributed by atoms with Gasteiger partial charge in [0.15, 0.2) is 0 Å². The zero-order chi connectivity index (χ0) is 37.0. The second-order valence-electron chi connectivity index (χ2n) is 19.0. The number of nitrogens with zero attached hydrogens (tertiary/aromatic N) is 2. The fraction of sp³-hybridized carbons (Fsp3) is 0.872. The van der Waals surface area contributed by atoms with Crippen molar-refractivity contribution in [2.75, 3.05) is 19.6 Å². The van der Waals surface area contributed by atoms with Crippen LogP contribution in [-0.4, -0.2) is 94.3 Å². The van der Waals surface area contributed by atoms with Gasteiger partial charge >= 0.3 is 5.97 Å². The Morgan fingerprint density at radius 3 is 1.88 bits per heavy atom. The van der Waals surface area contributed by atoms with Gasteiger partial charge in [-0.05, 0) is 79.2 Å². The molecule has 3 aliphatic carbocycles. The van der Waals surface area contributed by atoms with E-state index in [0.717, 1.165) is 70.9 Å². The molecule has 5 rings (SSSR count). The SMILES string of the molecule is CCN1CCCC[C@@H]1C(=O)N[C@H](C(=O)N[C@@H](C(=O)N1C[C@@]2(C[C@H]1C(=O)N[C@H](CC1CCC1)C(=O)O)C(C)(C)C21CCC1)C(C)(C)C)C(C)(C)C. The van der Waals surface area contributed by atoms with Crippen LogP contribution in [0.5, 0.6) is 0 Å². The lowest BCUT2D eigenvalue weighted by Crippen LogP contribution is -2.63. The van der Waals surface area contributed by atoms with Crippen molar-refractivity contribution in [1.82, 2.24) is 25.8 Å². The summed E-state index contributed by atoms with van der Waals surface area (Å²) >= 11 is 0. The van der Waals surface area contributed by atoms with Crippen LogP contribution in [0.1, 0.15) is 133 Å². The van der Waals surface area contributed by atoms with Crippen molar-refractivity contribution in [3.05, 3.63) is 0 Å². The third-order valence-electron chi connectivity index (χ3n) is 13.9. The summed E-state index contributed by atoms with van der Waals surface area (Å²) in [6, 6.07) is -4.01. The molecule has 11 heteroatoms. The Kier molecular flexibility index (Phi) is 10.6. The maximum absolute atomic E-state index is 14.9. The molecular weight excluding hydrogens is 634 g/mol. The second kappa shape index (κ2) is 13.7. The van der Waals surface area contributed by atoms with Crippen LogP contribution in [0.3, 0.4) is 0 Å². The standard InChI is InChI=1S/C39H65N5O6/c1-10-43-20-12-11-17-26(43)30(45)41-28(35(2,3)4)32(47)42-29(36(5,6)7)33(48)44-23-39(37(8,9)38(39)18-14-19-38)22-27(44)31(46)40-25(34(49)50)21-24-15-13-16-24/h24-29H,10-23H2,1-9H3,(H,40,46)(H,41,45)(H,42,47)(H,49,50)/t25-,26-,27+,28-,29+,39+/m1/s1. The van der Waals surface area contributed by atoms with Crippen LogP contribution in [-0.2, 0) is 24.0 Å². The van der Waals surface area contributed by atoms with E-state index in [9.17, 15) is 29.1 Å². The number of aliphatic carboxylic acids is 1. The van der Waals surface area contributed by atoms with Gasteiger partial charge in [-0.2, -0.15) is 0 Å². The van der Waals surface area contributed by atoms with E-state index in [1.807, 2.05) is 48.5 Å². The second-order valence-corrected chi connectivity index (χ2v) is 19.0. The molecule has 50 heavy (non-hydrogen) atoms. The number of fused-ring (bicyclic) bond motifs is 1. The van der Waals surface area contributed by atoms with Crippen LogP contribution in [0, 0.1) is 33.0 Å². The van der Waals surface area contributed by atoms with Crippen LogP contribution < -0.4 is 16.0 Å². The molecule has 0 aromatic carbocycles. The molecule has 4 N–H and O–H groups in total. The van der Waals surface area contributed by atoms with E-state index >= 15 is 0 Å². The first-order chi connectivity index (χ1) is 23.2. The van der Waals surface area contributed by atoms with Crippen LogP contribution >= 0.6 is 0 Å². The highest BCUT2D eigenvalue weighted by molar-refractivity contribution is 5.96. The molecule has 2 heterocycles. The zero-order valence-corrected chi connectivity index (χ0v) is 32.2. The van der Waals surface area contributed by atoms with E-state index in [-0.39, 0.29) is 40.0 Å². The van der Waals surface area contributed by atoms with Gasteiger partial charge in [0.25, 0.3) is 0 Å². The number of carbonyl (C=O) groups excluding carboxylic acids is 4. The molecule has 0 aromatic rings. The molecule has 5 aliphatic rings. The molecule has 0 unspecified atom stereocenters. The lowest BCUT2D eigenvalue weighted by molar-refractivity contribution is -0.147. The first-order valence-corrected chi connectivity index (χ1v) is 19.4. The predicted octanol–water partition coefficient (Wildman–Crippen LogP) is 4.48. The normalized spacial score (nSPS) is 29.3. The maximum atomic E-state index is 14.9. The van der Waals surface area contributed by atoms with E-state index in [1.165, 1.54) is 0 Å². The molecule has 2 aliphatic heterocycles. The van der Waals surface area contributed by atoms with E-state index < -0.39 is 52.8 Å². The lowest BCUT2D eigenvalue weighted by Gasteiger charge is -2.39. The molecule has 0 bridgehead atoms. The Morgan fingerprint density at radius 2 is 1.40 bits per heavy atom. The predicted molar refractivity (Wildman–Crippen MR) is 192 cm³/mol. The molecule has 2 saturated heterocycles. The summed E-state index contributed by atoms with van der Waals surface area (Å²) in [5.74, 6) is -2.13. The molecule has 282 valence electrons. The smallest absolute Gasteiger partial charge is 0.326 e. The number of carbonyl (C=O) groups is 5. The van der Waals surface area contributed by atoms with Gasteiger partial charge in [0.1, 0.15) is 24.2 Å². The van der Waals surface area contributed by atoms with Gasteiger partial charge in [0, 0.05) is 12.0 Å². The van der Waals surface area contributed by atoms with Crippen LogP contribution in [0.2, 0.25) is 0 Å². The van der Waals surface area contributed by atoms with Gasteiger partial charge in [-0.1, -0.05) is 94.4 Å². The Morgan fingerprint density at radius 1 is 0.780 bits per heavy atom. The number of rotatable bonds is 11. The molecule has 11 nitrogen and oxygen atoms in total. The van der Waals surface area contributed by atoms with Crippen molar-refractivity contribution in [3.63, 3.8) is 0 Å². The number of likely N-dealkylation sites (tertiary alicyclic amines) is 2. The number of amides is 4. The van der Waals surface area contributed by atoms with Gasteiger partial charge < -0.3 is 26.0 Å². The Bertz CT molecular complexity index is 1340. The summed E-state index contributed by atoms with van der Waals surface area (Å²) in [5.41, 5.74) is -1.63. The summed E-state index contributed by atoms with van der Waals surface area (Å²) in [5, 5.41) is 19.0. The third kappa shape index (κ3) is 6.69. The van der Waals surface area contributed by atoms with E-state index in [1.54, 1.807) is 4.90 Å². The van der Waals surface area contributed by atoms with Gasteiger partial charge in [0.2, 0.25) is 23.6 Å². The van der Waals surface area contributed by atoms with Crippen molar-refractivity contribution in [3.8, 4) is 0 Å².